The summed E-state index contributed by atoms with van der Waals surface area (Å²) in [5.41, 5.74) is -0.735. The van der Waals surface area contributed by atoms with Gasteiger partial charge in [0.2, 0.25) is 5.91 Å². The van der Waals surface area contributed by atoms with Gasteiger partial charge in [0, 0.05) is 13.2 Å². The van der Waals surface area contributed by atoms with Crippen molar-refractivity contribution < 1.29 is 14.6 Å². The zero-order valence-electron chi connectivity index (χ0n) is 9.71. The minimum absolute atomic E-state index is 0.0418. The highest BCUT2D eigenvalue weighted by atomic mass is 16.5. The fourth-order valence-corrected chi connectivity index (χ4v) is 2.60. The van der Waals surface area contributed by atoms with Gasteiger partial charge in [-0.1, -0.05) is 12.8 Å². The van der Waals surface area contributed by atoms with Crippen molar-refractivity contribution in [1.29, 1.82) is 0 Å². The van der Waals surface area contributed by atoms with Crippen LogP contribution in [-0.2, 0) is 9.53 Å². The molecule has 1 amide bonds. The molecule has 1 atom stereocenters. The maximum Gasteiger partial charge on any atom is 0.222 e. The number of amides is 1. The molecular weight excluding hydrogens is 206 g/mol. The lowest BCUT2D eigenvalue weighted by Gasteiger charge is -2.21. The maximum atomic E-state index is 11.6. The van der Waals surface area contributed by atoms with E-state index in [-0.39, 0.29) is 18.4 Å². The van der Waals surface area contributed by atoms with Crippen LogP contribution in [0.1, 0.15) is 44.9 Å². The van der Waals surface area contributed by atoms with E-state index < -0.39 is 5.60 Å². The Bertz CT molecular complexity index is 243. The first-order valence-electron chi connectivity index (χ1n) is 6.29. The first-order valence-corrected chi connectivity index (χ1v) is 6.29. The Labute approximate surface area is 96.4 Å². The third kappa shape index (κ3) is 3.19. The number of carbonyl (C=O) groups is 1. The van der Waals surface area contributed by atoms with E-state index in [0.29, 0.717) is 6.54 Å². The summed E-state index contributed by atoms with van der Waals surface area (Å²) in [7, 11) is 0. The van der Waals surface area contributed by atoms with Gasteiger partial charge in [0.15, 0.2) is 0 Å². The fourth-order valence-electron chi connectivity index (χ4n) is 2.60. The molecule has 16 heavy (non-hydrogen) atoms. The second-order valence-corrected chi connectivity index (χ2v) is 5.05. The second-order valence-electron chi connectivity index (χ2n) is 5.05. The van der Waals surface area contributed by atoms with Crippen LogP contribution in [0.4, 0.5) is 0 Å². The van der Waals surface area contributed by atoms with Crippen molar-refractivity contribution in [1.82, 2.24) is 5.32 Å². The van der Waals surface area contributed by atoms with Gasteiger partial charge in [-0.05, 0) is 25.7 Å². The summed E-state index contributed by atoms with van der Waals surface area (Å²) >= 11 is 0. The van der Waals surface area contributed by atoms with Crippen molar-refractivity contribution in [3.8, 4) is 0 Å². The van der Waals surface area contributed by atoms with Crippen LogP contribution < -0.4 is 5.32 Å². The molecule has 1 unspecified atom stereocenters. The highest BCUT2D eigenvalue weighted by molar-refractivity contribution is 5.77. The average Bonchev–Trinajstić information content (AvgIpc) is 2.86. The van der Waals surface area contributed by atoms with Crippen molar-refractivity contribution in [2.45, 2.75) is 56.7 Å². The van der Waals surface area contributed by atoms with Crippen molar-refractivity contribution in [3.05, 3.63) is 0 Å². The summed E-state index contributed by atoms with van der Waals surface area (Å²) in [4.78, 5) is 11.6. The zero-order valence-corrected chi connectivity index (χ0v) is 9.71. The standard InChI is InChI=1S/C12H21NO3/c14-11(8-12(15)5-1-2-6-12)13-9-10-4-3-7-16-10/h10,15H,1-9H2,(H,13,14). The SMILES string of the molecule is O=C(CC1(O)CCCC1)NCC1CCCO1. The van der Waals surface area contributed by atoms with E-state index in [4.69, 9.17) is 4.74 Å². The number of rotatable bonds is 4. The van der Waals surface area contributed by atoms with Gasteiger partial charge in [0.05, 0.1) is 18.1 Å². The molecule has 1 saturated carbocycles. The van der Waals surface area contributed by atoms with Crippen molar-refractivity contribution in [2.24, 2.45) is 0 Å². The van der Waals surface area contributed by atoms with Crippen LogP contribution in [0.5, 0.6) is 0 Å². The van der Waals surface area contributed by atoms with Crippen LogP contribution in [0.2, 0.25) is 0 Å². The molecule has 4 nitrogen and oxygen atoms in total. The third-order valence-electron chi connectivity index (χ3n) is 3.57. The van der Waals surface area contributed by atoms with Gasteiger partial charge < -0.3 is 15.2 Å². The highest BCUT2D eigenvalue weighted by Crippen LogP contribution is 2.32. The minimum Gasteiger partial charge on any atom is -0.389 e. The quantitative estimate of drug-likeness (QED) is 0.752. The van der Waals surface area contributed by atoms with Crippen molar-refractivity contribution >= 4 is 5.91 Å². The predicted octanol–water partition coefficient (Wildman–Crippen LogP) is 0.977. The van der Waals surface area contributed by atoms with E-state index in [9.17, 15) is 9.90 Å². The van der Waals surface area contributed by atoms with Crippen LogP contribution in [0.3, 0.4) is 0 Å². The van der Waals surface area contributed by atoms with E-state index in [1.165, 1.54) is 0 Å². The van der Waals surface area contributed by atoms with E-state index in [0.717, 1.165) is 45.1 Å². The van der Waals surface area contributed by atoms with E-state index in [2.05, 4.69) is 5.32 Å². The Kier molecular flexibility index (Phi) is 3.82. The largest absolute Gasteiger partial charge is 0.389 e. The maximum absolute atomic E-state index is 11.6. The van der Waals surface area contributed by atoms with Gasteiger partial charge in [0.1, 0.15) is 0 Å². The molecular formula is C12H21NO3. The molecule has 0 aromatic rings. The number of nitrogens with one attached hydrogen (secondary N) is 1. The molecule has 2 fully saturated rings. The molecule has 2 rings (SSSR count). The van der Waals surface area contributed by atoms with Gasteiger partial charge in [-0.2, -0.15) is 0 Å². The number of ether oxygens (including phenoxy) is 1. The molecule has 0 bridgehead atoms. The molecule has 4 heteroatoms. The Morgan fingerprint density at radius 1 is 1.38 bits per heavy atom. The first kappa shape index (κ1) is 11.9. The lowest BCUT2D eigenvalue weighted by molar-refractivity contribution is -0.126. The van der Waals surface area contributed by atoms with Crippen LogP contribution in [-0.4, -0.2) is 35.9 Å². The normalized spacial score (nSPS) is 28.2. The summed E-state index contributed by atoms with van der Waals surface area (Å²) < 4.78 is 5.42. The molecule has 92 valence electrons. The highest BCUT2D eigenvalue weighted by Gasteiger charge is 2.33. The van der Waals surface area contributed by atoms with Crippen LogP contribution in [0, 0.1) is 0 Å². The van der Waals surface area contributed by atoms with E-state index in [1.807, 2.05) is 0 Å². The van der Waals surface area contributed by atoms with Crippen LogP contribution in [0.25, 0.3) is 0 Å². The Morgan fingerprint density at radius 2 is 2.12 bits per heavy atom. The Balaban J connectivity index is 1.67. The third-order valence-corrected chi connectivity index (χ3v) is 3.57. The van der Waals surface area contributed by atoms with E-state index in [1.54, 1.807) is 0 Å². The zero-order chi connectivity index (χ0) is 11.4. The summed E-state index contributed by atoms with van der Waals surface area (Å²) in [6.07, 6.45) is 6.16. The molecule has 0 spiro atoms. The van der Waals surface area contributed by atoms with Gasteiger partial charge >= 0.3 is 0 Å². The number of hydrogen-bond donors (Lipinski definition) is 2. The summed E-state index contributed by atoms with van der Waals surface area (Å²) in [6, 6.07) is 0. The number of aliphatic hydroxyl groups is 1. The molecule has 1 heterocycles. The predicted molar refractivity (Wildman–Crippen MR) is 60.0 cm³/mol. The lowest BCUT2D eigenvalue weighted by Crippen LogP contribution is -2.37. The second kappa shape index (κ2) is 5.15. The Morgan fingerprint density at radius 3 is 2.75 bits per heavy atom. The smallest absolute Gasteiger partial charge is 0.222 e. The summed E-state index contributed by atoms with van der Waals surface area (Å²) in [5, 5.41) is 12.9. The van der Waals surface area contributed by atoms with Crippen molar-refractivity contribution in [3.63, 3.8) is 0 Å². The van der Waals surface area contributed by atoms with Gasteiger partial charge in [-0.25, -0.2) is 0 Å². The average molecular weight is 227 g/mol. The monoisotopic (exact) mass is 227 g/mol. The lowest BCUT2D eigenvalue weighted by atomic mass is 9.97. The van der Waals surface area contributed by atoms with Crippen molar-refractivity contribution in [2.75, 3.05) is 13.2 Å². The molecule has 2 N–H and O–H groups in total. The first-order chi connectivity index (χ1) is 7.68. The molecule has 0 radical (unpaired) electrons. The van der Waals surface area contributed by atoms with Crippen LogP contribution in [0.15, 0.2) is 0 Å². The molecule has 1 aliphatic carbocycles. The van der Waals surface area contributed by atoms with Gasteiger partial charge in [-0.3, -0.25) is 4.79 Å². The molecule has 1 aliphatic heterocycles. The topological polar surface area (TPSA) is 58.6 Å². The van der Waals surface area contributed by atoms with Gasteiger partial charge in [-0.15, -0.1) is 0 Å². The number of carbonyl (C=O) groups excluding carboxylic acids is 1. The summed E-state index contributed by atoms with van der Waals surface area (Å²) in [5.74, 6) is -0.0418. The fraction of sp³-hybridized carbons (Fsp3) is 0.917. The molecule has 0 aromatic carbocycles. The van der Waals surface area contributed by atoms with Crippen LogP contribution >= 0.6 is 0 Å². The van der Waals surface area contributed by atoms with E-state index >= 15 is 0 Å². The number of hydrogen-bond acceptors (Lipinski definition) is 3. The molecule has 0 aromatic heterocycles. The minimum atomic E-state index is -0.735. The van der Waals surface area contributed by atoms with Gasteiger partial charge in [0.25, 0.3) is 0 Å². The Hall–Kier alpha value is -0.610. The summed E-state index contributed by atoms with van der Waals surface area (Å²) in [6.45, 7) is 1.40. The molecule has 1 saturated heterocycles. The molecule has 2 aliphatic rings.